The van der Waals surface area contributed by atoms with Crippen LogP contribution in [-0.2, 0) is 4.74 Å². The number of ether oxygens (including phenoxy) is 1. The van der Waals surface area contributed by atoms with E-state index in [9.17, 15) is 32.9 Å². The minimum Gasteiger partial charge on any atom is -0.394 e. The van der Waals surface area contributed by atoms with Crippen LogP contribution >= 0.6 is 11.8 Å². The van der Waals surface area contributed by atoms with E-state index in [0.717, 1.165) is 28.6 Å². The molecule has 1 aliphatic heterocycles. The van der Waals surface area contributed by atoms with Crippen molar-refractivity contribution in [3.05, 3.63) is 65.9 Å². The topological polar surface area (TPSA) is 101 Å². The lowest BCUT2D eigenvalue weighted by atomic mass is 9.97. The molecule has 3 aromatic rings. The second kappa shape index (κ2) is 9.16. The number of hydrogen-bond donors (Lipinski definition) is 3. The van der Waals surface area contributed by atoms with E-state index in [0.29, 0.717) is 4.90 Å². The molecular weight excluding hydrogens is 454 g/mol. The number of hydrogen-bond acceptors (Lipinski definition) is 7. The van der Waals surface area contributed by atoms with Gasteiger partial charge >= 0.3 is 0 Å². The first-order chi connectivity index (χ1) is 15.3. The van der Waals surface area contributed by atoms with Crippen LogP contribution in [0.2, 0.25) is 0 Å². The molecule has 2 aromatic carbocycles. The monoisotopic (exact) mass is 471 g/mol. The number of benzene rings is 2. The molecule has 0 spiro atoms. The zero-order chi connectivity index (χ0) is 23.0. The predicted molar refractivity (Wildman–Crippen MR) is 104 cm³/mol. The zero-order valence-corrected chi connectivity index (χ0v) is 17.0. The van der Waals surface area contributed by atoms with Crippen molar-refractivity contribution in [3.8, 4) is 11.3 Å². The molecule has 170 valence electrons. The highest BCUT2D eigenvalue weighted by Crippen LogP contribution is 2.38. The van der Waals surface area contributed by atoms with Gasteiger partial charge < -0.3 is 20.1 Å². The number of halogens is 4. The Kier molecular flexibility index (Phi) is 6.49. The standard InChI is InChI=1S/C20H17F4N3O4S/c21-10-1-3-11(4-2-10)32-20-19(30)17(18(29)15(8-28)31-20)27-7-14(25-26-27)9-5-12(22)16(24)13(23)6-9/h1-7,15,17-20,28-30H,8H2. The smallest absolute Gasteiger partial charge is 0.194 e. The third-order valence-corrected chi connectivity index (χ3v) is 6.18. The average Bonchev–Trinajstić information content (AvgIpc) is 3.25. The number of aliphatic hydroxyl groups excluding tert-OH is 3. The molecule has 1 aromatic heterocycles. The Morgan fingerprint density at radius 2 is 1.66 bits per heavy atom. The summed E-state index contributed by atoms with van der Waals surface area (Å²) < 4.78 is 60.2. The molecule has 0 bridgehead atoms. The van der Waals surface area contributed by atoms with Crippen molar-refractivity contribution in [2.75, 3.05) is 6.61 Å². The number of rotatable bonds is 5. The highest BCUT2D eigenvalue weighted by molar-refractivity contribution is 7.99. The van der Waals surface area contributed by atoms with E-state index in [1.807, 2.05) is 0 Å². The highest BCUT2D eigenvalue weighted by atomic mass is 32.2. The summed E-state index contributed by atoms with van der Waals surface area (Å²) in [6.45, 7) is -0.569. The fraction of sp³-hybridized carbons (Fsp3) is 0.300. The van der Waals surface area contributed by atoms with Crippen LogP contribution in [-0.4, -0.2) is 60.7 Å². The number of nitrogens with zero attached hydrogens (tertiary/aromatic N) is 3. The van der Waals surface area contributed by atoms with E-state index in [4.69, 9.17) is 4.74 Å². The van der Waals surface area contributed by atoms with Crippen LogP contribution in [0.3, 0.4) is 0 Å². The van der Waals surface area contributed by atoms with Crippen LogP contribution in [0.1, 0.15) is 6.04 Å². The van der Waals surface area contributed by atoms with Gasteiger partial charge in [0.25, 0.3) is 0 Å². The van der Waals surface area contributed by atoms with E-state index >= 15 is 0 Å². The van der Waals surface area contributed by atoms with Crippen LogP contribution in [0.5, 0.6) is 0 Å². The van der Waals surface area contributed by atoms with Gasteiger partial charge in [-0.05, 0) is 36.4 Å². The first-order valence-electron chi connectivity index (χ1n) is 9.40. The molecule has 1 aliphatic rings. The Morgan fingerprint density at radius 3 is 2.28 bits per heavy atom. The maximum Gasteiger partial charge on any atom is 0.194 e. The number of aromatic nitrogens is 3. The van der Waals surface area contributed by atoms with E-state index in [1.54, 1.807) is 0 Å². The molecular formula is C20H17F4N3O4S. The zero-order valence-electron chi connectivity index (χ0n) is 16.1. The average molecular weight is 471 g/mol. The summed E-state index contributed by atoms with van der Waals surface area (Å²) >= 11 is 1.05. The Hall–Kier alpha value is -2.51. The third-order valence-electron chi connectivity index (χ3n) is 5.01. The maximum absolute atomic E-state index is 13.6. The van der Waals surface area contributed by atoms with Crippen LogP contribution in [0, 0.1) is 23.3 Å². The van der Waals surface area contributed by atoms with Crippen molar-refractivity contribution in [1.82, 2.24) is 15.0 Å². The van der Waals surface area contributed by atoms with Crippen LogP contribution in [0.4, 0.5) is 17.6 Å². The van der Waals surface area contributed by atoms with Crippen LogP contribution < -0.4 is 0 Å². The lowest BCUT2D eigenvalue weighted by Crippen LogP contribution is -2.55. The largest absolute Gasteiger partial charge is 0.394 e. The van der Waals surface area contributed by atoms with Crippen molar-refractivity contribution < 1.29 is 37.6 Å². The third kappa shape index (κ3) is 4.36. The van der Waals surface area contributed by atoms with Crippen molar-refractivity contribution >= 4 is 11.8 Å². The Labute approximate surface area is 183 Å². The quantitative estimate of drug-likeness (QED) is 0.388. The normalized spacial score (nSPS) is 25.8. The molecule has 2 heterocycles. The van der Waals surface area contributed by atoms with Crippen molar-refractivity contribution in [3.63, 3.8) is 0 Å². The molecule has 7 nitrogen and oxygen atoms in total. The highest BCUT2D eigenvalue weighted by Gasteiger charge is 2.46. The number of thioether (sulfide) groups is 1. The molecule has 4 rings (SSSR count). The van der Waals surface area contributed by atoms with Gasteiger partial charge in [0.05, 0.1) is 12.8 Å². The lowest BCUT2D eigenvalue weighted by molar-refractivity contribution is -0.178. The van der Waals surface area contributed by atoms with Crippen molar-refractivity contribution in [2.45, 2.75) is 34.7 Å². The summed E-state index contributed by atoms with van der Waals surface area (Å²) in [6, 6.07) is 5.77. The van der Waals surface area contributed by atoms with Gasteiger partial charge in [-0.25, -0.2) is 22.2 Å². The minimum atomic E-state index is -1.62. The molecule has 1 saturated heterocycles. The lowest BCUT2D eigenvalue weighted by Gasteiger charge is -2.41. The fourth-order valence-corrected chi connectivity index (χ4v) is 4.44. The molecule has 32 heavy (non-hydrogen) atoms. The number of aliphatic hydroxyl groups is 3. The van der Waals surface area contributed by atoms with E-state index < -0.39 is 59.7 Å². The van der Waals surface area contributed by atoms with Crippen LogP contribution in [0.25, 0.3) is 11.3 Å². The second-order valence-corrected chi connectivity index (χ2v) is 8.28. The first-order valence-corrected chi connectivity index (χ1v) is 10.3. The van der Waals surface area contributed by atoms with E-state index in [2.05, 4.69) is 10.3 Å². The molecule has 0 aliphatic carbocycles. The van der Waals surface area contributed by atoms with Crippen LogP contribution in [0.15, 0.2) is 47.5 Å². The summed E-state index contributed by atoms with van der Waals surface area (Å²) in [6.07, 6.45) is -2.63. The molecule has 12 heteroatoms. The van der Waals surface area contributed by atoms with Crippen molar-refractivity contribution in [2.24, 2.45) is 0 Å². The fourth-order valence-electron chi connectivity index (χ4n) is 3.38. The molecule has 3 N–H and O–H groups in total. The van der Waals surface area contributed by atoms with Gasteiger partial charge in [0.2, 0.25) is 0 Å². The minimum absolute atomic E-state index is 0.0306. The molecule has 0 saturated carbocycles. The Bertz CT molecular complexity index is 1080. The van der Waals surface area contributed by atoms with Gasteiger partial charge in [-0.2, -0.15) is 0 Å². The van der Waals surface area contributed by atoms with Gasteiger partial charge in [0, 0.05) is 10.5 Å². The second-order valence-electron chi connectivity index (χ2n) is 7.11. The molecule has 0 radical (unpaired) electrons. The molecule has 0 amide bonds. The Morgan fingerprint density at radius 1 is 1.00 bits per heavy atom. The van der Waals surface area contributed by atoms with Gasteiger partial charge in [-0.3, -0.25) is 0 Å². The molecule has 1 fully saturated rings. The summed E-state index contributed by atoms with van der Waals surface area (Å²) in [5.41, 5.74) is -1.10. The maximum atomic E-state index is 13.6. The van der Waals surface area contributed by atoms with E-state index in [1.165, 1.54) is 30.5 Å². The predicted octanol–water partition coefficient (Wildman–Crippen LogP) is 2.27. The molecule has 5 unspecified atom stereocenters. The summed E-state index contributed by atoms with van der Waals surface area (Å²) in [7, 11) is 0. The summed E-state index contributed by atoms with van der Waals surface area (Å²) in [4.78, 5) is 0.568. The van der Waals surface area contributed by atoms with Gasteiger partial charge in [-0.15, -0.1) is 5.10 Å². The van der Waals surface area contributed by atoms with Crippen molar-refractivity contribution in [1.29, 1.82) is 0 Å². The molecule has 5 atom stereocenters. The SMILES string of the molecule is OCC1OC(Sc2ccc(F)cc2)C(O)C(n2cc(-c3cc(F)c(F)c(F)c3)nn2)C1O. The van der Waals surface area contributed by atoms with Gasteiger partial charge in [0.1, 0.15) is 41.3 Å². The van der Waals surface area contributed by atoms with E-state index in [-0.39, 0.29) is 11.3 Å². The van der Waals surface area contributed by atoms with Gasteiger partial charge in [-0.1, -0.05) is 17.0 Å². The summed E-state index contributed by atoms with van der Waals surface area (Å²) in [5, 5.41) is 38.7. The summed E-state index contributed by atoms with van der Waals surface area (Å²) in [5.74, 6) is -4.87. The first kappa shape index (κ1) is 22.7. The van der Waals surface area contributed by atoms with Gasteiger partial charge in [0.15, 0.2) is 17.5 Å². The Balaban J connectivity index is 1.63.